The molecule has 1 spiro atoms. The van der Waals surface area contributed by atoms with E-state index in [-0.39, 0.29) is 0 Å². The highest BCUT2D eigenvalue weighted by molar-refractivity contribution is 5.29. The monoisotopic (exact) mass is 523 g/mol. The smallest absolute Gasteiger partial charge is 0.0447 e. The molecule has 0 aromatic carbocycles. The average Bonchev–Trinajstić information content (AvgIpc) is 3.44. The molecule has 12 unspecified atom stereocenters. The largest absolute Gasteiger partial charge is 0.379 e. The molecule has 210 valence electrons. The first-order valence-electron chi connectivity index (χ1n) is 17.4. The van der Waals surface area contributed by atoms with E-state index < -0.39 is 0 Å². The number of hydrogen-bond acceptors (Lipinski definition) is 1. The van der Waals surface area contributed by atoms with Gasteiger partial charge in [0.2, 0.25) is 0 Å². The van der Waals surface area contributed by atoms with Gasteiger partial charge in [-0.05, 0) is 147 Å². The summed E-state index contributed by atoms with van der Waals surface area (Å²) in [5, 5.41) is 4.09. The van der Waals surface area contributed by atoms with E-state index in [4.69, 9.17) is 0 Å². The van der Waals surface area contributed by atoms with Crippen LogP contribution in [0.2, 0.25) is 0 Å². The van der Waals surface area contributed by atoms with Crippen molar-refractivity contribution in [2.24, 2.45) is 70.5 Å². The molecule has 1 N–H and O–H groups in total. The van der Waals surface area contributed by atoms with Crippen LogP contribution < -0.4 is 5.32 Å². The van der Waals surface area contributed by atoms with Crippen LogP contribution in [0.4, 0.5) is 0 Å². The maximum Gasteiger partial charge on any atom is 0.0447 e. The van der Waals surface area contributed by atoms with E-state index in [2.05, 4.69) is 66.9 Å². The van der Waals surface area contributed by atoms with Gasteiger partial charge < -0.3 is 5.32 Å². The van der Waals surface area contributed by atoms with Gasteiger partial charge in [0.1, 0.15) is 0 Å². The van der Waals surface area contributed by atoms with Crippen LogP contribution in [0.3, 0.4) is 0 Å². The standard InChI is InChI=1S/C38H53N/c1-25-15-21-32-30-11-5-7-13-34(30)38(36(32)23-25)35-14-8-6-12-31(35)33-22-20-29(24-37(33)38)39-28-18-16-27(17-19-28)26-9-3-2-4-10-26/h2-3,5,11,16,18-20,22,25-27,29-37,39H,4,6-10,12-15,17,21,23-24H2,1H3/t25?,26?,27?,29-,30?,31?,32?,33?,34?,35?,36?,37?,38?/m0/s1. The lowest BCUT2D eigenvalue weighted by Gasteiger charge is -2.52. The lowest BCUT2D eigenvalue weighted by Crippen LogP contribution is -2.48. The maximum absolute atomic E-state index is 4.09. The third-order valence-electron chi connectivity index (χ3n) is 13.9. The first-order chi connectivity index (χ1) is 19.2. The van der Waals surface area contributed by atoms with E-state index in [1.54, 1.807) is 6.42 Å². The fourth-order valence-corrected chi connectivity index (χ4v) is 12.7. The van der Waals surface area contributed by atoms with Gasteiger partial charge in [0.15, 0.2) is 0 Å². The third kappa shape index (κ3) is 3.98. The third-order valence-corrected chi connectivity index (χ3v) is 13.9. The van der Waals surface area contributed by atoms with Crippen molar-refractivity contribution in [3.8, 4) is 0 Å². The Morgan fingerprint density at radius 2 is 1.56 bits per heavy atom. The minimum absolute atomic E-state index is 0.519. The quantitative estimate of drug-likeness (QED) is 0.363. The van der Waals surface area contributed by atoms with Crippen LogP contribution >= 0.6 is 0 Å². The first kappa shape index (κ1) is 25.2. The summed E-state index contributed by atoms with van der Waals surface area (Å²) in [5.74, 6) is 10.1. The minimum Gasteiger partial charge on any atom is -0.379 e. The van der Waals surface area contributed by atoms with E-state index in [0.29, 0.717) is 11.5 Å². The Balaban J connectivity index is 1.08. The molecule has 0 saturated heterocycles. The van der Waals surface area contributed by atoms with Gasteiger partial charge in [0, 0.05) is 11.7 Å². The summed E-state index contributed by atoms with van der Waals surface area (Å²) in [7, 11) is 0. The first-order valence-corrected chi connectivity index (χ1v) is 17.4. The molecular formula is C38H53N. The molecule has 13 atom stereocenters. The van der Waals surface area contributed by atoms with Gasteiger partial charge in [-0.1, -0.05) is 74.8 Å². The molecule has 0 amide bonds. The number of hydrogen-bond donors (Lipinski definition) is 1. The molecule has 8 aliphatic rings. The number of allylic oxidation sites excluding steroid dienone is 8. The molecule has 0 aromatic heterocycles. The molecule has 0 heterocycles. The molecule has 8 aliphatic carbocycles. The molecule has 8 rings (SSSR count). The number of fused-ring (bicyclic) bond motifs is 10. The van der Waals surface area contributed by atoms with E-state index >= 15 is 0 Å². The second-order valence-corrected chi connectivity index (χ2v) is 15.5. The number of nitrogens with one attached hydrogen (secondary N) is 1. The summed E-state index contributed by atoms with van der Waals surface area (Å²) in [5.41, 5.74) is 2.02. The maximum atomic E-state index is 4.09. The zero-order valence-corrected chi connectivity index (χ0v) is 24.5. The van der Waals surface area contributed by atoms with Crippen LogP contribution in [0, 0.1) is 70.5 Å². The zero-order chi connectivity index (χ0) is 26.0. The van der Waals surface area contributed by atoms with E-state index in [1.165, 1.54) is 89.2 Å². The van der Waals surface area contributed by atoms with Crippen LogP contribution in [0.25, 0.3) is 0 Å². The predicted octanol–water partition coefficient (Wildman–Crippen LogP) is 9.41. The van der Waals surface area contributed by atoms with Crippen LogP contribution in [0.1, 0.15) is 96.8 Å². The fraction of sp³-hybridized carbons (Fsp3) is 0.737. The Hall–Kier alpha value is -1.50. The van der Waals surface area contributed by atoms with Gasteiger partial charge in [-0.3, -0.25) is 0 Å². The summed E-state index contributed by atoms with van der Waals surface area (Å²) < 4.78 is 0. The average molecular weight is 524 g/mol. The molecule has 1 nitrogen and oxygen atoms in total. The SMILES string of the molecule is CC1CCC2C3C=CCCC3C3(C4C[C@@H](NC5=CCC(C6CC=CCC6)C=C5)C=CC4C4CCCCC43)C2C1. The Bertz CT molecular complexity index is 1070. The molecule has 0 aromatic rings. The Morgan fingerprint density at radius 3 is 2.44 bits per heavy atom. The molecule has 0 radical (unpaired) electrons. The zero-order valence-electron chi connectivity index (χ0n) is 24.5. The van der Waals surface area contributed by atoms with Crippen molar-refractivity contribution in [2.45, 2.75) is 103 Å². The highest BCUT2D eigenvalue weighted by Gasteiger charge is 2.71. The summed E-state index contributed by atoms with van der Waals surface area (Å²) in [4.78, 5) is 0. The lowest BCUT2D eigenvalue weighted by atomic mass is 9.53. The van der Waals surface area contributed by atoms with Crippen molar-refractivity contribution in [1.82, 2.24) is 5.32 Å². The summed E-state index contributed by atoms with van der Waals surface area (Å²) in [6.07, 6.45) is 43.1. The topological polar surface area (TPSA) is 12.0 Å². The van der Waals surface area contributed by atoms with Gasteiger partial charge >= 0.3 is 0 Å². The van der Waals surface area contributed by atoms with Crippen LogP contribution in [0.5, 0.6) is 0 Å². The van der Waals surface area contributed by atoms with Crippen molar-refractivity contribution in [1.29, 1.82) is 0 Å². The van der Waals surface area contributed by atoms with Gasteiger partial charge in [0.25, 0.3) is 0 Å². The molecular weight excluding hydrogens is 470 g/mol. The van der Waals surface area contributed by atoms with Crippen molar-refractivity contribution in [2.75, 3.05) is 0 Å². The van der Waals surface area contributed by atoms with E-state index in [0.717, 1.165) is 65.1 Å². The molecule has 1 heteroatoms. The second kappa shape index (κ2) is 10.1. The highest BCUT2D eigenvalue weighted by Crippen LogP contribution is 2.76. The van der Waals surface area contributed by atoms with Gasteiger partial charge in [-0.2, -0.15) is 0 Å². The van der Waals surface area contributed by atoms with Gasteiger partial charge in [-0.25, -0.2) is 0 Å². The van der Waals surface area contributed by atoms with Gasteiger partial charge in [-0.15, -0.1) is 0 Å². The van der Waals surface area contributed by atoms with Gasteiger partial charge in [0.05, 0.1) is 0 Å². The molecule has 4 saturated carbocycles. The minimum atomic E-state index is 0.519. The summed E-state index contributed by atoms with van der Waals surface area (Å²) in [6, 6.07) is 0.519. The van der Waals surface area contributed by atoms with Crippen molar-refractivity contribution in [3.05, 3.63) is 60.4 Å². The number of rotatable bonds is 3. The summed E-state index contributed by atoms with van der Waals surface area (Å²) >= 11 is 0. The van der Waals surface area contributed by atoms with Crippen LogP contribution in [-0.4, -0.2) is 6.04 Å². The Morgan fingerprint density at radius 1 is 0.692 bits per heavy atom. The highest BCUT2D eigenvalue weighted by atomic mass is 14.9. The van der Waals surface area contributed by atoms with Crippen LogP contribution in [0.15, 0.2) is 60.4 Å². The predicted molar refractivity (Wildman–Crippen MR) is 163 cm³/mol. The fourth-order valence-electron chi connectivity index (χ4n) is 12.7. The molecule has 39 heavy (non-hydrogen) atoms. The van der Waals surface area contributed by atoms with Crippen molar-refractivity contribution >= 4 is 0 Å². The Labute approximate surface area is 238 Å². The van der Waals surface area contributed by atoms with Crippen LogP contribution in [-0.2, 0) is 0 Å². The Kier molecular flexibility index (Phi) is 6.53. The second-order valence-electron chi connectivity index (χ2n) is 15.5. The van der Waals surface area contributed by atoms with Crippen molar-refractivity contribution < 1.29 is 0 Å². The van der Waals surface area contributed by atoms with E-state index in [1.807, 2.05) is 0 Å². The molecule has 4 fully saturated rings. The van der Waals surface area contributed by atoms with Crippen molar-refractivity contribution in [3.63, 3.8) is 0 Å². The summed E-state index contributed by atoms with van der Waals surface area (Å²) in [6.45, 7) is 2.59. The van der Waals surface area contributed by atoms with E-state index in [9.17, 15) is 0 Å². The normalized spacial score (nSPS) is 51.7. The lowest BCUT2D eigenvalue weighted by molar-refractivity contribution is -0.0344. The molecule has 0 bridgehead atoms. The molecule has 0 aliphatic heterocycles.